The number of carbonyl (C=O) groups is 1. The van der Waals surface area contributed by atoms with E-state index in [0.29, 0.717) is 19.0 Å². The maximum Gasteiger partial charge on any atom is 0.234 e. The van der Waals surface area contributed by atoms with E-state index in [1.54, 1.807) is 0 Å². The molecule has 4 heteroatoms. The van der Waals surface area contributed by atoms with Crippen molar-refractivity contribution in [2.75, 3.05) is 32.7 Å². The van der Waals surface area contributed by atoms with Crippen molar-refractivity contribution >= 4 is 5.91 Å². The molecule has 0 aromatic heterocycles. The van der Waals surface area contributed by atoms with Gasteiger partial charge in [-0.25, -0.2) is 0 Å². The first kappa shape index (κ1) is 16.0. The molecule has 1 aromatic carbocycles. The molecule has 116 valence electrons. The molecular weight excluding hydrogens is 262 g/mol. The number of nitrogens with one attached hydrogen (secondary N) is 2. The molecule has 1 atom stereocenters. The molecule has 1 aliphatic heterocycles. The summed E-state index contributed by atoms with van der Waals surface area (Å²) in [6, 6.07) is 10.0. The number of hydrogen-bond acceptors (Lipinski definition) is 3. The summed E-state index contributed by atoms with van der Waals surface area (Å²) in [7, 11) is 0. The van der Waals surface area contributed by atoms with E-state index >= 15 is 0 Å². The molecule has 0 aliphatic carbocycles. The molecule has 2 N–H and O–H groups in total. The highest BCUT2D eigenvalue weighted by Gasteiger charge is 2.17. The Hall–Kier alpha value is -1.39. The zero-order chi connectivity index (χ0) is 14.9. The number of amides is 1. The summed E-state index contributed by atoms with van der Waals surface area (Å²) in [6.45, 7) is 7.41. The molecule has 1 amide bonds. The van der Waals surface area contributed by atoms with Gasteiger partial charge < -0.3 is 10.6 Å². The maximum absolute atomic E-state index is 12.1. The summed E-state index contributed by atoms with van der Waals surface area (Å²) >= 11 is 0. The quantitative estimate of drug-likeness (QED) is 0.802. The predicted molar refractivity (Wildman–Crippen MR) is 86.0 cm³/mol. The molecule has 0 bridgehead atoms. The number of rotatable bonds is 7. The van der Waals surface area contributed by atoms with Gasteiger partial charge in [-0.15, -0.1) is 0 Å². The van der Waals surface area contributed by atoms with Crippen LogP contribution in [-0.4, -0.2) is 43.5 Å². The third kappa shape index (κ3) is 5.86. The van der Waals surface area contributed by atoms with Gasteiger partial charge in [-0.05, 0) is 44.0 Å². The molecule has 0 saturated carbocycles. The highest BCUT2D eigenvalue weighted by atomic mass is 16.2. The number of nitrogens with zero attached hydrogens (tertiary/aromatic N) is 1. The van der Waals surface area contributed by atoms with Gasteiger partial charge >= 0.3 is 0 Å². The Labute approximate surface area is 127 Å². The third-order valence-corrected chi connectivity index (χ3v) is 4.06. The second-order valence-corrected chi connectivity index (χ2v) is 5.80. The molecule has 0 spiro atoms. The van der Waals surface area contributed by atoms with Crippen molar-refractivity contribution in [1.29, 1.82) is 0 Å². The zero-order valence-corrected chi connectivity index (χ0v) is 13.0. The van der Waals surface area contributed by atoms with E-state index in [9.17, 15) is 4.79 Å². The van der Waals surface area contributed by atoms with Crippen LogP contribution in [-0.2, 0) is 11.3 Å². The van der Waals surface area contributed by atoms with Crippen molar-refractivity contribution in [2.24, 2.45) is 5.92 Å². The van der Waals surface area contributed by atoms with Crippen LogP contribution in [0.15, 0.2) is 30.3 Å². The van der Waals surface area contributed by atoms with Crippen molar-refractivity contribution in [1.82, 2.24) is 15.5 Å². The first-order chi connectivity index (χ1) is 10.3. The molecule has 4 nitrogen and oxygen atoms in total. The van der Waals surface area contributed by atoms with Crippen LogP contribution in [0.1, 0.15) is 25.3 Å². The number of piperidine rings is 1. The zero-order valence-electron chi connectivity index (χ0n) is 13.0. The Kier molecular flexibility index (Phi) is 6.70. The Morgan fingerprint density at radius 1 is 1.38 bits per heavy atom. The fourth-order valence-electron chi connectivity index (χ4n) is 2.81. The van der Waals surface area contributed by atoms with Crippen LogP contribution in [0.25, 0.3) is 0 Å². The highest BCUT2D eigenvalue weighted by molar-refractivity contribution is 5.78. The minimum absolute atomic E-state index is 0.115. The molecule has 1 aliphatic rings. The SMILES string of the molecule is CCN(CC(=O)NCc1ccccc1)CC1CCCNC1. The fourth-order valence-corrected chi connectivity index (χ4v) is 2.81. The van der Waals surface area contributed by atoms with Crippen LogP contribution >= 0.6 is 0 Å². The minimum Gasteiger partial charge on any atom is -0.351 e. The summed E-state index contributed by atoms with van der Waals surface area (Å²) in [5.74, 6) is 0.796. The third-order valence-electron chi connectivity index (χ3n) is 4.06. The van der Waals surface area contributed by atoms with E-state index in [2.05, 4.69) is 22.5 Å². The minimum atomic E-state index is 0.115. The number of benzene rings is 1. The fraction of sp³-hybridized carbons (Fsp3) is 0.588. The van der Waals surface area contributed by atoms with Gasteiger partial charge in [0.15, 0.2) is 0 Å². The van der Waals surface area contributed by atoms with E-state index in [1.807, 2.05) is 30.3 Å². The molecule has 1 saturated heterocycles. The molecule has 1 aromatic rings. The summed E-state index contributed by atoms with van der Waals surface area (Å²) < 4.78 is 0. The summed E-state index contributed by atoms with van der Waals surface area (Å²) in [4.78, 5) is 14.3. The predicted octanol–water partition coefficient (Wildman–Crippen LogP) is 1.62. The molecule has 1 unspecified atom stereocenters. The van der Waals surface area contributed by atoms with Crippen LogP contribution in [0.2, 0.25) is 0 Å². The number of hydrogen-bond donors (Lipinski definition) is 2. The Balaban J connectivity index is 1.71. The summed E-state index contributed by atoms with van der Waals surface area (Å²) in [5.41, 5.74) is 1.14. The van der Waals surface area contributed by atoms with Gasteiger partial charge in [-0.3, -0.25) is 9.69 Å². The largest absolute Gasteiger partial charge is 0.351 e. The molecule has 1 heterocycles. The van der Waals surface area contributed by atoms with E-state index in [1.165, 1.54) is 12.8 Å². The van der Waals surface area contributed by atoms with Gasteiger partial charge in [-0.1, -0.05) is 37.3 Å². The second-order valence-electron chi connectivity index (χ2n) is 5.80. The van der Waals surface area contributed by atoms with Crippen molar-refractivity contribution in [3.63, 3.8) is 0 Å². The molecule has 0 radical (unpaired) electrons. The average Bonchev–Trinajstić information content (AvgIpc) is 2.54. The molecular formula is C17H27N3O. The Bertz CT molecular complexity index is 415. The van der Waals surface area contributed by atoms with E-state index in [4.69, 9.17) is 0 Å². The maximum atomic E-state index is 12.1. The van der Waals surface area contributed by atoms with Crippen LogP contribution in [0, 0.1) is 5.92 Å². The molecule has 21 heavy (non-hydrogen) atoms. The van der Waals surface area contributed by atoms with Crippen molar-refractivity contribution in [2.45, 2.75) is 26.3 Å². The van der Waals surface area contributed by atoms with Gasteiger partial charge in [0.25, 0.3) is 0 Å². The lowest BCUT2D eigenvalue weighted by Gasteiger charge is -2.29. The number of likely N-dealkylation sites (N-methyl/N-ethyl adjacent to an activating group) is 1. The van der Waals surface area contributed by atoms with E-state index in [-0.39, 0.29) is 5.91 Å². The van der Waals surface area contributed by atoms with Gasteiger partial charge in [-0.2, -0.15) is 0 Å². The van der Waals surface area contributed by atoms with Crippen LogP contribution in [0.5, 0.6) is 0 Å². The lowest BCUT2D eigenvalue weighted by molar-refractivity contribution is -0.122. The van der Waals surface area contributed by atoms with Gasteiger partial charge in [0.1, 0.15) is 0 Å². The lowest BCUT2D eigenvalue weighted by Crippen LogP contribution is -2.42. The number of carbonyl (C=O) groups excluding carboxylic acids is 1. The van der Waals surface area contributed by atoms with Crippen LogP contribution < -0.4 is 10.6 Å². The average molecular weight is 289 g/mol. The summed E-state index contributed by atoms with van der Waals surface area (Å²) in [5, 5.41) is 6.44. The highest BCUT2D eigenvalue weighted by Crippen LogP contribution is 2.11. The van der Waals surface area contributed by atoms with Gasteiger partial charge in [0, 0.05) is 13.1 Å². The van der Waals surface area contributed by atoms with Crippen molar-refractivity contribution < 1.29 is 4.79 Å². The Morgan fingerprint density at radius 2 is 2.19 bits per heavy atom. The summed E-state index contributed by atoms with van der Waals surface area (Å²) in [6.07, 6.45) is 2.53. The monoisotopic (exact) mass is 289 g/mol. The topological polar surface area (TPSA) is 44.4 Å². The lowest BCUT2D eigenvalue weighted by atomic mass is 9.99. The Morgan fingerprint density at radius 3 is 2.86 bits per heavy atom. The smallest absolute Gasteiger partial charge is 0.234 e. The van der Waals surface area contributed by atoms with E-state index in [0.717, 1.165) is 31.7 Å². The molecule has 2 rings (SSSR count). The van der Waals surface area contributed by atoms with E-state index < -0.39 is 0 Å². The standard InChI is InChI=1S/C17H27N3O/c1-2-20(13-16-9-6-10-18-11-16)14-17(21)19-12-15-7-4-3-5-8-15/h3-5,7-8,16,18H,2,6,9-14H2,1H3,(H,19,21). The van der Waals surface area contributed by atoms with Gasteiger partial charge in [0.2, 0.25) is 5.91 Å². The van der Waals surface area contributed by atoms with Crippen LogP contribution in [0.3, 0.4) is 0 Å². The van der Waals surface area contributed by atoms with Crippen molar-refractivity contribution in [3.8, 4) is 0 Å². The van der Waals surface area contributed by atoms with Crippen LogP contribution in [0.4, 0.5) is 0 Å². The normalized spacial score (nSPS) is 18.7. The van der Waals surface area contributed by atoms with Gasteiger partial charge in [0.05, 0.1) is 6.54 Å². The molecule has 1 fully saturated rings. The first-order valence-electron chi connectivity index (χ1n) is 8.01. The van der Waals surface area contributed by atoms with Crippen molar-refractivity contribution in [3.05, 3.63) is 35.9 Å². The second kappa shape index (κ2) is 8.80. The first-order valence-corrected chi connectivity index (χ1v) is 8.01.